The average Bonchev–Trinajstić information content (AvgIpc) is 2.03. The summed E-state index contributed by atoms with van der Waals surface area (Å²) in [5.74, 6) is 0. The first kappa shape index (κ1) is 9.54. The summed E-state index contributed by atoms with van der Waals surface area (Å²) >= 11 is 0. The number of nitro benzene ring substituents is 2. The van der Waals surface area contributed by atoms with Crippen LogP contribution in [0.3, 0.4) is 0 Å². The summed E-state index contributed by atoms with van der Waals surface area (Å²) in [6.07, 6.45) is 0. The highest BCUT2D eigenvalue weighted by Gasteiger charge is 2.19. The topological polar surface area (TPSA) is 86.3 Å². The van der Waals surface area contributed by atoms with Crippen molar-refractivity contribution in [3.8, 4) is 0 Å². The van der Waals surface area contributed by atoms with E-state index in [1.807, 2.05) is 9.24 Å². The van der Waals surface area contributed by atoms with Gasteiger partial charge in [-0.3, -0.25) is 20.2 Å². The van der Waals surface area contributed by atoms with Gasteiger partial charge in [-0.1, -0.05) is 9.24 Å². The van der Waals surface area contributed by atoms with Crippen LogP contribution in [-0.4, -0.2) is 9.85 Å². The maximum Gasteiger partial charge on any atom is 0.283 e. The predicted octanol–water partition coefficient (Wildman–Crippen LogP) is 1.00. The molecule has 68 valence electrons. The molecule has 0 radical (unpaired) electrons. The lowest BCUT2D eigenvalue weighted by molar-refractivity contribution is -0.391. The Balaban J connectivity index is 3.35. The lowest BCUT2D eigenvalue weighted by Crippen LogP contribution is -2.06. The molecule has 1 atom stereocenters. The zero-order chi connectivity index (χ0) is 10.0. The maximum absolute atomic E-state index is 10.4. The summed E-state index contributed by atoms with van der Waals surface area (Å²) in [7, 11) is 2.00. The van der Waals surface area contributed by atoms with Gasteiger partial charge < -0.3 is 0 Å². The number of nitrogens with zero attached hydrogens (tertiary/aromatic N) is 2. The van der Waals surface area contributed by atoms with Crippen LogP contribution in [0.2, 0.25) is 0 Å². The van der Waals surface area contributed by atoms with Crippen molar-refractivity contribution >= 4 is 25.9 Å². The van der Waals surface area contributed by atoms with E-state index in [1.165, 1.54) is 18.2 Å². The average molecular weight is 200 g/mol. The zero-order valence-corrected chi connectivity index (χ0v) is 7.49. The van der Waals surface area contributed by atoms with Gasteiger partial charge in [-0.25, -0.2) is 0 Å². The molecule has 0 bridgehead atoms. The van der Waals surface area contributed by atoms with Gasteiger partial charge in [0.05, 0.1) is 9.85 Å². The summed E-state index contributed by atoms with van der Waals surface area (Å²) in [5.41, 5.74) is -0.529. The second kappa shape index (κ2) is 3.45. The minimum Gasteiger partial charge on any atom is -0.258 e. The van der Waals surface area contributed by atoms with Crippen LogP contribution in [-0.2, 0) is 0 Å². The van der Waals surface area contributed by atoms with Crippen molar-refractivity contribution in [1.82, 2.24) is 0 Å². The minimum atomic E-state index is -0.657. The summed E-state index contributed by atoms with van der Waals surface area (Å²) in [6, 6.07) is 3.72. The Hall–Kier alpha value is -1.55. The minimum absolute atomic E-state index is 0.00231. The highest BCUT2D eigenvalue weighted by atomic mass is 31.0. The van der Waals surface area contributed by atoms with Crippen LogP contribution in [0.15, 0.2) is 18.2 Å². The van der Waals surface area contributed by atoms with E-state index in [1.54, 1.807) is 0 Å². The van der Waals surface area contributed by atoms with Crippen molar-refractivity contribution in [3.63, 3.8) is 0 Å². The molecule has 0 fully saturated rings. The first-order chi connectivity index (χ1) is 6.04. The molecule has 1 aromatic rings. The Bertz CT molecular complexity index is 347. The molecule has 1 rings (SSSR count). The van der Waals surface area contributed by atoms with Crippen molar-refractivity contribution in [2.75, 3.05) is 0 Å². The third-order valence-corrected chi connectivity index (χ3v) is 2.05. The molecule has 0 aliphatic rings. The zero-order valence-electron chi connectivity index (χ0n) is 6.34. The highest BCUT2D eigenvalue weighted by Crippen LogP contribution is 2.19. The summed E-state index contributed by atoms with van der Waals surface area (Å²) in [4.78, 5) is 19.4. The van der Waals surface area contributed by atoms with Gasteiger partial charge in [-0.05, 0) is 6.07 Å². The fraction of sp³-hybridized carbons (Fsp3) is 0. The van der Waals surface area contributed by atoms with Gasteiger partial charge >= 0.3 is 0 Å². The van der Waals surface area contributed by atoms with Crippen LogP contribution >= 0.6 is 9.24 Å². The molecular weight excluding hydrogens is 195 g/mol. The van der Waals surface area contributed by atoms with E-state index in [0.29, 0.717) is 0 Å². The van der Waals surface area contributed by atoms with Crippen LogP contribution in [0.1, 0.15) is 0 Å². The molecular formula is C6H5N2O4P. The van der Waals surface area contributed by atoms with Gasteiger partial charge in [0.2, 0.25) is 0 Å². The Kier molecular flexibility index (Phi) is 2.53. The molecule has 1 unspecified atom stereocenters. The third kappa shape index (κ3) is 1.78. The normalized spacial score (nSPS) is 9.62. The smallest absolute Gasteiger partial charge is 0.258 e. The molecule has 6 nitrogen and oxygen atoms in total. The molecule has 0 aliphatic carbocycles. The van der Waals surface area contributed by atoms with Crippen LogP contribution in [0.4, 0.5) is 11.4 Å². The molecule has 0 aliphatic heterocycles. The summed E-state index contributed by atoms with van der Waals surface area (Å²) in [6.45, 7) is 0. The predicted molar refractivity (Wildman–Crippen MR) is 49.1 cm³/mol. The van der Waals surface area contributed by atoms with Gasteiger partial charge in [0.1, 0.15) is 5.30 Å². The lowest BCUT2D eigenvalue weighted by Gasteiger charge is -1.96. The Morgan fingerprint density at radius 3 is 1.77 bits per heavy atom. The van der Waals surface area contributed by atoms with E-state index >= 15 is 0 Å². The molecule has 1 aromatic carbocycles. The van der Waals surface area contributed by atoms with Gasteiger partial charge in [-0.15, -0.1) is 0 Å². The fourth-order valence-electron chi connectivity index (χ4n) is 0.860. The highest BCUT2D eigenvalue weighted by molar-refractivity contribution is 7.28. The van der Waals surface area contributed by atoms with Gasteiger partial charge in [0.15, 0.2) is 0 Å². The van der Waals surface area contributed by atoms with Crippen molar-refractivity contribution < 1.29 is 9.85 Å². The van der Waals surface area contributed by atoms with E-state index in [4.69, 9.17) is 0 Å². The molecule has 0 spiro atoms. The molecule has 13 heavy (non-hydrogen) atoms. The Morgan fingerprint density at radius 1 is 1.08 bits per heavy atom. The van der Waals surface area contributed by atoms with Crippen LogP contribution in [0.25, 0.3) is 0 Å². The summed E-state index contributed by atoms with van der Waals surface area (Å²) in [5, 5.41) is 20.7. The van der Waals surface area contributed by atoms with E-state index in [9.17, 15) is 20.2 Å². The first-order valence-electron chi connectivity index (χ1n) is 3.21. The van der Waals surface area contributed by atoms with Crippen LogP contribution in [0, 0.1) is 20.2 Å². The summed E-state index contributed by atoms with van der Waals surface area (Å²) < 4.78 is 0. The van der Waals surface area contributed by atoms with Crippen molar-refractivity contribution in [2.24, 2.45) is 0 Å². The van der Waals surface area contributed by atoms with Crippen molar-refractivity contribution in [2.45, 2.75) is 0 Å². The number of hydrogen-bond donors (Lipinski definition) is 0. The maximum atomic E-state index is 10.4. The monoisotopic (exact) mass is 200 g/mol. The van der Waals surface area contributed by atoms with Crippen LogP contribution in [0.5, 0.6) is 0 Å². The second-order valence-electron chi connectivity index (χ2n) is 2.22. The SMILES string of the molecule is O=[N+]([O-])c1cccc([N+](=O)[O-])c1P. The third-order valence-electron chi connectivity index (χ3n) is 1.45. The second-order valence-corrected chi connectivity index (χ2v) is 2.80. The molecule has 0 amide bonds. The molecule has 0 aromatic heterocycles. The molecule has 0 saturated heterocycles. The van der Waals surface area contributed by atoms with E-state index in [2.05, 4.69) is 0 Å². The van der Waals surface area contributed by atoms with E-state index in [-0.39, 0.29) is 16.7 Å². The standard InChI is InChI=1S/C6H5N2O4P/c9-7(10)4-2-1-3-5(6(4)13)8(11)12/h1-3H,13H2. The van der Waals surface area contributed by atoms with E-state index in [0.717, 1.165) is 0 Å². The largest absolute Gasteiger partial charge is 0.283 e. The quantitative estimate of drug-likeness (QED) is 0.404. The lowest BCUT2D eigenvalue weighted by atomic mass is 10.3. The van der Waals surface area contributed by atoms with Crippen molar-refractivity contribution in [1.29, 1.82) is 0 Å². The first-order valence-corrected chi connectivity index (χ1v) is 3.79. The Labute approximate surface area is 75.1 Å². The van der Waals surface area contributed by atoms with E-state index < -0.39 is 9.85 Å². The van der Waals surface area contributed by atoms with Gasteiger partial charge in [-0.2, -0.15) is 0 Å². The van der Waals surface area contributed by atoms with Crippen molar-refractivity contribution in [3.05, 3.63) is 38.4 Å². The number of hydrogen-bond acceptors (Lipinski definition) is 4. The number of rotatable bonds is 2. The molecule has 0 heterocycles. The molecule has 0 saturated carbocycles. The number of benzene rings is 1. The molecule has 0 N–H and O–H groups in total. The fourth-order valence-corrected chi connectivity index (χ4v) is 1.26. The molecule has 7 heteroatoms. The number of nitro groups is 2. The van der Waals surface area contributed by atoms with Crippen LogP contribution < -0.4 is 5.30 Å². The van der Waals surface area contributed by atoms with Gasteiger partial charge in [0.25, 0.3) is 11.4 Å². The van der Waals surface area contributed by atoms with Gasteiger partial charge in [0, 0.05) is 12.1 Å². The Morgan fingerprint density at radius 2 is 1.46 bits per heavy atom.